The average molecular weight is 270 g/mol. The van der Waals surface area contributed by atoms with E-state index in [1.54, 1.807) is 24.2 Å². The zero-order valence-electron chi connectivity index (χ0n) is 10.3. The van der Waals surface area contributed by atoms with Crippen LogP contribution >= 0.6 is 11.6 Å². The summed E-state index contributed by atoms with van der Waals surface area (Å²) in [7, 11) is 1.74. The van der Waals surface area contributed by atoms with Crippen molar-refractivity contribution < 1.29 is 9.53 Å². The van der Waals surface area contributed by atoms with Crippen LogP contribution in [0.3, 0.4) is 0 Å². The summed E-state index contributed by atoms with van der Waals surface area (Å²) in [6.45, 7) is 2.62. The van der Waals surface area contributed by atoms with Crippen molar-refractivity contribution in [1.29, 1.82) is 0 Å². The number of nitrogens with one attached hydrogen (secondary N) is 1. The summed E-state index contributed by atoms with van der Waals surface area (Å²) in [6.07, 6.45) is 2.41. The molecule has 1 amide bonds. The van der Waals surface area contributed by atoms with E-state index in [0.717, 1.165) is 6.42 Å². The molecule has 1 saturated heterocycles. The number of anilines is 1. The van der Waals surface area contributed by atoms with Gasteiger partial charge < -0.3 is 15.0 Å². The maximum atomic E-state index is 12.3. The van der Waals surface area contributed by atoms with E-state index in [9.17, 15) is 4.79 Å². The molecule has 2 heterocycles. The summed E-state index contributed by atoms with van der Waals surface area (Å²) in [6, 6.07) is 1.65. The first-order chi connectivity index (χ1) is 8.72. The molecule has 0 radical (unpaired) electrons. The van der Waals surface area contributed by atoms with Gasteiger partial charge >= 0.3 is 0 Å². The molecule has 1 fully saturated rings. The second-order valence-electron chi connectivity index (χ2n) is 4.06. The Hall–Kier alpha value is -1.33. The molecule has 0 bridgehead atoms. The third-order valence-electron chi connectivity index (χ3n) is 2.83. The number of carbonyl (C=O) groups excluding carboxylic acids is 1. The van der Waals surface area contributed by atoms with Crippen molar-refractivity contribution in [3.05, 3.63) is 22.8 Å². The Balaban J connectivity index is 2.14. The van der Waals surface area contributed by atoms with Crippen LogP contribution in [0.2, 0.25) is 5.02 Å². The topological polar surface area (TPSA) is 54.5 Å². The maximum Gasteiger partial charge on any atom is 0.255 e. The van der Waals surface area contributed by atoms with E-state index in [0.29, 0.717) is 42.7 Å². The Morgan fingerprint density at radius 3 is 3.06 bits per heavy atom. The lowest BCUT2D eigenvalue weighted by molar-refractivity contribution is 0.0741. The number of aromatic nitrogens is 1. The fourth-order valence-corrected chi connectivity index (χ4v) is 2.13. The van der Waals surface area contributed by atoms with Crippen molar-refractivity contribution in [3.63, 3.8) is 0 Å². The van der Waals surface area contributed by atoms with Crippen LogP contribution in [0.5, 0.6) is 0 Å². The first-order valence-electron chi connectivity index (χ1n) is 5.92. The number of carbonyl (C=O) groups is 1. The largest absolute Gasteiger partial charge is 0.380 e. The van der Waals surface area contributed by atoms with Gasteiger partial charge in [-0.3, -0.25) is 4.79 Å². The van der Waals surface area contributed by atoms with Gasteiger partial charge in [-0.05, 0) is 12.5 Å². The Labute approximate surface area is 111 Å². The van der Waals surface area contributed by atoms with E-state index in [1.807, 2.05) is 0 Å². The summed E-state index contributed by atoms with van der Waals surface area (Å²) in [4.78, 5) is 18.1. The Kier molecular flexibility index (Phi) is 4.38. The van der Waals surface area contributed by atoms with Crippen molar-refractivity contribution in [2.24, 2.45) is 0 Å². The van der Waals surface area contributed by atoms with E-state index in [2.05, 4.69) is 10.3 Å². The standard InChI is InChI=1S/C12H16ClN3O2/c1-14-11-10(13)7-9(8-15-11)12(17)16-3-2-5-18-6-4-16/h7-8H,2-6H2,1H3,(H,14,15). The molecule has 0 aliphatic carbocycles. The summed E-state index contributed by atoms with van der Waals surface area (Å²) < 4.78 is 5.33. The summed E-state index contributed by atoms with van der Waals surface area (Å²) in [5, 5.41) is 3.32. The van der Waals surface area contributed by atoms with Gasteiger partial charge in [-0.25, -0.2) is 4.98 Å². The first kappa shape index (κ1) is 13.1. The molecule has 0 spiro atoms. The molecule has 0 unspecified atom stereocenters. The van der Waals surface area contributed by atoms with Gasteiger partial charge in [0.15, 0.2) is 0 Å². The number of nitrogens with zero attached hydrogens (tertiary/aromatic N) is 2. The van der Waals surface area contributed by atoms with E-state index in [1.165, 1.54) is 0 Å². The zero-order valence-corrected chi connectivity index (χ0v) is 11.0. The Bertz CT molecular complexity index is 431. The highest BCUT2D eigenvalue weighted by Gasteiger charge is 2.18. The minimum Gasteiger partial charge on any atom is -0.380 e. The van der Waals surface area contributed by atoms with Crippen molar-refractivity contribution in [3.8, 4) is 0 Å². The molecule has 1 aromatic rings. The van der Waals surface area contributed by atoms with E-state index >= 15 is 0 Å². The molecule has 0 saturated carbocycles. The van der Waals surface area contributed by atoms with Gasteiger partial charge in [-0.1, -0.05) is 11.6 Å². The molecule has 5 nitrogen and oxygen atoms in total. The molecule has 0 aromatic carbocycles. The highest BCUT2D eigenvalue weighted by Crippen LogP contribution is 2.20. The zero-order chi connectivity index (χ0) is 13.0. The van der Waals surface area contributed by atoms with Gasteiger partial charge in [0.25, 0.3) is 5.91 Å². The number of pyridine rings is 1. The highest BCUT2D eigenvalue weighted by molar-refractivity contribution is 6.33. The fourth-order valence-electron chi connectivity index (χ4n) is 1.87. The van der Waals surface area contributed by atoms with Crippen LogP contribution < -0.4 is 5.32 Å². The minimum atomic E-state index is -0.0439. The van der Waals surface area contributed by atoms with E-state index in [4.69, 9.17) is 16.3 Å². The summed E-state index contributed by atoms with van der Waals surface area (Å²) >= 11 is 6.02. The van der Waals surface area contributed by atoms with Gasteiger partial charge in [0, 0.05) is 32.9 Å². The van der Waals surface area contributed by atoms with Crippen molar-refractivity contribution in [2.45, 2.75) is 6.42 Å². The van der Waals surface area contributed by atoms with Crippen LogP contribution in [0.25, 0.3) is 0 Å². The van der Waals surface area contributed by atoms with Crippen molar-refractivity contribution >= 4 is 23.3 Å². The summed E-state index contributed by atoms with van der Waals surface area (Å²) in [5.41, 5.74) is 0.515. The van der Waals surface area contributed by atoms with Crippen molar-refractivity contribution in [2.75, 3.05) is 38.7 Å². The third-order valence-corrected chi connectivity index (χ3v) is 3.12. The highest BCUT2D eigenvalue weighted by atomic mass is 35.5. The van der Waals surface area contributed by atoms with Gasteiger partial charge in [0.1, 0.15) is 5.82 Å². The van der Waals surface area contributed by atoms with E-state index < -0.39 is 0 Å². The molecule has 18 heavy (non-hydrogen) atoms. The number of halogens is 1. The lowest BCUT2D eigenvalue weighted by atomic mass is 10.2. The molecule has 0 atom stereocenters. The van der Waals surface area contributed by atoms with Crippen LogP contribution in [0, 0.1) is 0 Å². The lowest BCUT2D eigenvalue weighted by Gasteiger charge is -2.19. The first-order valence-corrected chi connectivity index (χ1v) is 6.30. The fraction of sp³-hybridized carbons (Fsp3) is 0.500. The van der Waals surface area contributed by atoms with Gasteiger partial charge in [0.05, 0.1) is 17.2 Å². The van der Waals surface area contributed by atoms with Gasteiger partial charge in [-0.2, -0.15) is 0 Å². The molecule has 6 heteroatoms. The predicted octanol–water partition coefficient (Wildman–Crippen LogP) is 1.64. The number of rotatable bonds is 2. The molecule has 1 aliphatic heterocycles. The van der Waals surface area contributed by atoms with E-state index in [-0.39, 0.29) is 5.91 Å². The number of ether oxygens (including phenoxy) is 1. The Morgan fingerprint density at radius 2 is 2.33 bits per heavy atom. The SMILES string of the molecule is CNc1ncc(C(=O)N2CCCOCC2)cc1Cl. The number of hydrogen-bond acceptors (Lipinski definition) is 4. The van der Waals surface area contributed by atoms with Crippen LogP contribution in [0.15, 0.2) is 12.3 Å². The maximum absolute atomic E-state index is 12.3. The van der Waals surface area contributed by atoms with Crippen LogP contribution in [-0.4, -0.2) is 49.1 Å². The molecule has 1 aliphatic rings. The second kappa shape index (κ2) is 6.02. The molecular formula is C12H16ClN3O2. The van der Waals surface area contributed by atoms with Crippen LogP contribution in [-0.2, 0) is 4.74 Å². The monoisotopic (exact) mass is 269 g/mol. The van der Waals surface area contributed by atoms with Gasteiger partial charge in [-0.15, -0.1) is 0 Å². The molecule has 1 N–H and O–H groups in total. The predicted molar refractivity (Wildman–Crippen MR) is 70.1 cm³/mol. The third kappa shape index (κ3) is 2.91. The molecule has 2 rings (SSSR count). The number of hydrogen-bond donors (Lipinski definition) is 1. The molecule has 1 aromatic heterocycles. The number of amides is 1. The average Bonchev–Trinajstić information content (AvgIpc) is 2.66. The normalized spacial score (nSPS) is 16.2. The van der Waals surface area contributed by atoms with Crippen molar-refractivity contribution in [1.82, 2.24) is 9.88 Å². The summed E-state index contributed by atoms with van der Waals surface area (Å²) in [5.74, 6) is 0.532. The molecular weight excluding hydrogens is 254 g/mol. The van der Waals surface area contributed by atoms with Crippen LogP contribution in [0.4, 0.5) is 5.82 Å². The quantitative estimate of drug-likeness (QED) is 0.887. The second-order valence-corrected chi connectivity index (χ2v) is 4.47. The Morgan fingerprint density at radius 1 is 1.50 bits per heavy atom. The molecule has 98 valence electrons. The lowest BCUT2D eigenvalue weighted by Crippen LogP contribution is -2.33. The minimum absolute atomic E-state index is 0.0439. The van der Waals surface area contributed by atoms with Gasteiger partial charge in [0.2, 0.25) is 0 Å². The smallest absolute Gasteiger partial charge is 0.255 e. The van der Waals surface area contributed by atoms with Crippen LogP contribution in [0.1, 0.15) is 16.8 Å².